The zero-order valence-electron chi connectivity index (χ0n) is 16.4. The molecule has 142 valence electrons. The summed E-state index contributed by atoms with van der Waals surface area (Å²) in [5, 5.41) is 12.2. The van der Waals surface area contributed by atoms with Gasteiger partial charge in [-0.15, -0.1) is 5.10 Å². The number of methoxy groups -OCH3 is 1. The predicted molar refractivity (Wildman–Crippen MR) is 103 cm³/mol. The van der Waals surface area contributed by atoms with Crippen molar-refractivity contribution in [2.75, 3.05) is 7.11 Å². The minimum atomic E-state index is -0.305. The molecule has 2 aromatic rings. The summed E-state index contributed by atoms with van der Waals surface area (Å²) in [5.41, 5.74) is 1.83. The number of ether oxygens (including phenoxy) is 1. The van der Waals surface area contributed by atoms with E-state index in [1.165, 1.54) is 11.8 Å². The molecule has 7 nitrogen and oxygen atoms in total. The van der Waals surface area contributed by atoms with Gasteiger partial charge in [0.2, 0.25) is 11.1 Å². The van der Waals surface area contributed by atoms with E-state index >= 15 is 0 Å². The second kappa shape index (κ2) is 8.53. The van der Waals surface area contributed by atoms with Gasteiger partial charge in [-0.3, -0.25) is 4.79 Å². The summed E-state index contributed by atoms with van der Waals surface area (Å²) in [4.78, 5) is 14.8. The molecule has 1 unspecified atom stereocenters. The Hall–Kier alpha value is -2.09. The van der Waals surface area contributed by atoms with Gasteiger partial charge < -0.3 is 9.64 Å². The van der Waals surface area contributed by atoms with E-state index in [0.717, 1.165) is 11.3 Å². The van der Waals surface area contributed by atoms with Gasteiger partial charge in [0.1, 0.15) is 11.4 Å². The summed E-state index contributed by atoms with van der Waals surface area (Å²) in [6.45, 7) is 12.0. The van der Waals surface area contributed by atoms with Crippen LogP contribution in [0, 0.1) is 6.92 Å². The monoisotopic (exact) mass is 377 g/mol. The maximum Gasteiger partial charge on any atom is 0.236 e. The van der Waals surface area contributed by atoms with Gasteiger partial charge in [-0.2, -0.15) is 4.68 Å². The fourth-order valence-electron chi connectivity index (χ4n) is 2.89. The molecule has 1 amide bonds. The molecule has 0 fully saturated rings. The third-order valence-corrected chi connectivity index (χ3v) is 5.02. The largest absolute Gasteiger partial charge is 0.494 e. The topological polar surface area (TPSA) is 73.1 Å². The smallest absolute Gasteiger partial charge is 0.236 e. The standard InChI is InChI=1S/C18H27N5O2S/c1-11(2)22(12(3)4)17(24)14(6)26-18-19-20-21-23(18)15-10-13(5)8-9-16(15)25-7/h8-12,14H,1-7H3. The van der Waals surface area contributed by atoms with Crippen LogP contribution in [0.15, 0.2) is 23.4 Å². The van der Waals surface area contributed by atoms with Crippen LogP contribution in [0.3, 0.4) is 0 Å². The molecule has 8 heteroatoms. The molecule has 0 saturated heterocycles. The molecule has 1 heterocycles. The normalized spacial score (nSPS) is 12.5. The molecule has 1 atom stereocenters. The molecule has 2 rings (SSSR count). The Kier molecular flexibility index (Phi) is 6.63. The minimum Gasteiger partial charge on any atom is -0.494 e. The van der Waals surface area contributed by atoms with Gasteiger partial charge in [-0.05, 0) is 69.7 Å². The van der Waals surface area contributed by atoms with Crippen LogP contribution in [0.4, 0.5) is 0 Å². The van der Waals surface area contributed by atoms with Gasteiger partial charge in [0.15, 0.2) is 0 Å². The lowest BCUT2D eigenvalue weighted by Crippen LogP contribution is -2.45. The molecule has 26 heavy (non-hydrogen) atoms. The molecule has 0 aliphatic heterocycles. The van der Waals surface area contributed by atoms with Crippen molar-refractivity contribution in [3.8, 4) is 11.4 Å². The molecule has 1 aromatic heterocycles. The van der Waals surface area contributed by atoms with Crippen LogP contribution in [-0.4, -0.2) is 55.5 Å². The Bertz CT molecular complexity index is 752. The Morgan fingerprint density at radius 2 is 1.85 bits per heavy atom. The van der Waals surface area contributed by atoms with Crippen molar-refractivity contribution in [3.05, 3.63) is 23.8 Å². The quantitative estimate of drug-likeness (QED) is 0.690. The third kappa shape index (κ3) is 4.35. The number of hydrogen-bond acceptors (Lipinski definition) is 6. The average molecular weight is 378 g/mol. The number of rotatable bonds is 7. The predicted octanol–water partition coefficient (Wildman–Crippen LogP) is 3.11. The van der Waals surface area contributed by atoms with Crippen LogP contribution in [-0.2, 0) is 4.79 Å². The van der Waals surface area contributed by atoms with Crippen molar-refractivity contribution < 1.29 is 9.53 Å². The van der Waals surface area contributed by atoms with E-state index in [-0.39, 0.29) is 23.2 Å². The van der Waals surface area contributed by atoms with Gasteiger partial charge >= 0.3 is 0 Å². The highest BCUT2D eigenvalue weighted by atomic mass is 32.2. The zero-order chi connectivity index (χ0) is 19.4. The number of amides is 1. The number of carbonyl (C=O) groups excluding carboxylic acids is 1. The Morgan fingerprint density at radius 3 is 2.42 bits per heavy atom. The number of benzene rings is 1. The van der Waals surface area contributed by atoms with E-state index in [1.54, 1.807) is 11.8 Å². The summed E-state index contributed by atoms with van der Waals surface area (Å²) >= 11 is 1.35. The first-order chi connectivity index (χ1) is 12.3. The van der Waals surface area contributed by atoms with Crippen molar-refractivity contribution >= 4 is 17.7 Å². The molecule has 0 aliphatic rings. The lowest BCUT2D eigenvalue weighted by Gasteiger charge is -2.32. The van der Waals surface area contributed by atoms with Gasteiger partial charge in [-0.25, -0.2) is 0 Å². The number of aryl methyl sites for hydroxylation is 1. The van der Waals surface area contributed by atoms with Crippen molar-refractivity contribution in [3.63, 3.8) is 0 Å². The maximum atomic E-state index is 12.9. The van der Waals surface area contributed by atoms with E-state index in [4.69, 9.17) is 4.74 Å². The van der Waals surface area contributed by atoms with Gasteiger partial charge in [0.25, 0.3) is 0 Å². The van der Waals surface area contributed by atoms with Crippen molar-refractivity contribution in [1.82, 2.24) is 25.1 Å². The number of hydrogen-bond donors (Lipinski definition) is 0. The number of tetrazole rings is 1. The molecule has 0 bridgehead atoms. The molecular weight excluding hydrogens is 350 g/mol. The fourth-order valence-corrected chi connectivity index (χ4v) is 3.75. The summed E-state index contributed by atoms with van der Waals surface area (Å²) in [6.07, 6.45) is 0. The lowest BCUT2D eigenvalue weighted by molar-refractivity contribution is -0.133. The molecule has 0 aliphatic carbocycles. The molecule has 0 saturated carbocycles. The summed E-state index contributed by atoms with van der Waals surface area (Å²) in [5.74, 6) is 0.750. The molecule has 1 aromatic carbocycles. The van der Waals surface area contributed by atoms with Crippen molar-refractivity contribution in [2.45, 2.75) is 64.0 Å². The highest BCUT2D eigenvalue weighted by Gasteiger charge is 2.27. The van der Waals surface area contributed by atoms with Crippen molar-refractivity contribution in [2.24, 2.45) is 0 Å². The molecular formula is C18H27N5O2S. The van der Waals surface area contributed by atoms with Crippen LogP contribution in [0.5, 0.6) is 5.75 Å². The molecule has 0 spiro atoms. The first-order valence-electron chi connectivity index (χ1n) is 8.68. The number of thioether (sulfide) groups is 1. The molecule has 0 N–H and O–H groups in total. The number of carbonyl (C=O) groups is 1. The zero-order valence-corrected chi connectivity index (χ0v) is 17.2. The van der Waals surface area contributed by atoms with Gasteiger partial charge in [0, 0.05) is 12.1 Å². The van der Waals surface area contributed by atoms with Crippen LogP contribution < -0.4 is 4.74 Å². The van der Waals surface area contributed by atoms with Crippen molar-refractivity contribution in [1.29, 1.82) is 0 Å². The first kappa shape index (κ1) is 20.2. The van der Waals surface area contributed by atoms with E-state index < -0.39 is 0 Å². The molecule has 0 radical (unpaired) electrons. The Balaban J connectivity index is 2.29. The van der Waals surface area contributed by atoms with Crippen LogP contribution in [0.1, 0.15) is 40.2 Å². The van der Waals surface area contributed by atoms with Gasteiger partial charge in [0.05, 0.1) is 12.4 Å². The van der Waals surface area contributed by atoms with E-state index in [0.29, 0.717) is 10.9 Å². The SMILES string of the molecule is COc1ccc(C)cc1-n1nnnc1SC(C)C(=O)N(C(C)C)C(C)C. The Labute approximate surface area is 159 Å². The lowest BCUT2D eigenvalue weighted by atomic mass is 10.2. The summed E-state index contributed by atoms with van der Waals surface area (Å²) < 4.78 is 7.05. The number of nitrogens with zero attached hydrogens (tertiary/aromatic N) is 5. The van der Waals surface area contributed by atoms with Crippen LogP contribution in [0.25, 0.3) is 5.69 Å². The maximum absolute atomic E-state index is 12.9. The second-order valence-corrected chi connectivity index (χ2v) is 8.05. The average Bonchev–Trinajstić information content (AvgIpc) is 3.01. The summed E-state index contributed by atoms with van der Waals surface area (Å²) in [7, 11) is 1.61. The van der Waals surface area contributed by atoms with Crippen LogP contribution >= 0.6 is 11.8 Å². The second-order valence-electron chi connectivity index (χ2n) is 6.74. The Morgan fingerprint density at radius 1 is 1.19 bits per heavy atom. The fraction of sp³-hybridized carbons (Fsp3) is 0.556. The van der Waals surface area contributed by atoms with Crippen LogP contribution in [0.2, 0.25) is 0 Å². The highest BCUT2D eigenvalue weighted by molar-refractivity contribution is 8.00. The van der Waals surface area contributed by atoms with E-state index in [9.17, 15) is 4.79 Å². The minimum absolute atomic E-state index is 0.0748. The van der Waals surface area contributed by atoms with Gasteiger partial charge in [-0.1, -0.05) is 17.8 Å². The number of aromatic nitrogens is 4. The third-order valence-electron chi connectivity index (χ3n) is 4.00. The summed E-state index contributed by atoms with van der Waals surface area (Å²) in [6, 6.07) is 6.08. The first-order valence-corrected chi connectivity index (χ1v) is 9.56. The highest BCUT2D eigenvalue weighted by Crippen LogP contribution is 2.29. The van der Waals surface area contributed by atoms with E-state index in [1.807, 2.05) is 64.6 Å². The van der Waals surface area contributed by atoms with E-state index in [2.05, 4.69) is 15.5 Å².